The zero-order valence-corrected chi connectivity index (χ0v) is 9.82. The summed E-state index contributed by atoms with van der Waals surface area (Å²) >= 11 is 2.01. The average Bonchev–Trinajstić information content (AvgIpc) is 2.10. The van der Waals surface area contributed by atoms with Crippen LogP contribution in [0.5, 0.6) is 0 Å². The summed E-state index contributed by atoms with van der Waals surface area (Å²) in [5.74, 6) is 3.86. The molecule has 12 heavy (non-hydrogen) atoms. The van der Waals surface area contributed by atoms with E-state index in [1.807, 2.05) is 11.8 Å². The van der Waals surface area contributed by atoms with E-state index in [-0.39, 0.29) is 0 Å². The van der Waals surface area contributed by atoms with Crippen molar-refractivity contribution in [1.29, 1.82) is 0 Å². The van der Waals surface area contributed by atoms with Gasteiger partial charge in [-0.2, -0.15) is 11.8 Å². The fourth-order valence-electron chi connectivity index (χ4n) is 2.34. The second kappa shape index (κ2) is 4.04. The van der Waals surface area contributed by atoms with Crippen molar-refractivity contribution in [2.24, 2.45) is 23.7 Å². The molecule has 5 atom stereocenters. The van der Waals surface area contributed by atoms with Crippen molar-refractivity contribution in [1.82, 2.24) is 0 Å². The molecule has 1 aliphatic carbocycles. The van der Waals surface area contributed by atoms with Crippen LogP contribution in [0.4, 0.5) is 0 Å². The number of thioether (sulfide) groups is 1. The molecule has 0 saturated heterocycles. The Hall–Kier alpha value is 0.350. The Labute approximate surface area is 81.5 Å². The summed E-state index contributed by atoms with van der Waals surface area (Å²) in [6.45, 7) is 9.60. The first-order valence-electron chi connectivity index (χ1n) is 5.10. The number of hydrogen-bond donors (Lipinski definition) is 0. The van der Waals surface area contributed by atoms with Gasteiger partial charge >= 0.3 is 0 Å². The van der Waals surface area contributed by atoms with Crippen LogP contribution in [-0.4, -0.2) is 11.5 Å². The standard InChI is InChI=1S/C11H22S/c1-7-6-11(8(7)2)9(3)10(4)12-5/h7-11H,6H2,1-5H3. The van der Waals surface area contributed by atoms with Crippen molar-refractivity contribution in [2.75, 3.05) is 6.26 Å². The van der Waals surface area contributed by atoms with Gasteiger partial charge in [-0.3, -0.25) is 0 Å². The van der Waals surface area contributed by atoms with Gasteiger partial charge in [0.25, 0.3) is 0 Å². The van der Waals surface area contributed by atoms with Gasteiger partial charge in [0.05, 0.1) is 0 Å². The zero-order chi connectivity index (χ0) is 9.30. The van der Waals surface area contributed by atoms with Crippen LogP contribution in [0.3, 0.4) is 0 Å². The van der Waals surface area contributed by atoms with Crippen molar-refractivity contribution in [2.45, 2.75) is 39.4 Å². The Balaban J connectivity index is 2.39. The molecule has 1 fully saturated rings. The minimum atomic E-state index is 0.838. The summed E-state index contributed by atoms with van der Waals surface area (Å²) < 4.78 is 0. The first kappa shape index (κ1) is 10.4. The normalized spacial score (nSPS) is 40.2. The number of rotatable bonds is 3. The van der Waals surface area contributed by atoms with Gasteiger partial charge in [0.15, 0.2) is 0 Å². The van der Waals surface area contributed by atoms with E-state index in [4.69, 9.17) is 0 Å². The minimum Gasteiger partial charge on any atom is -0.162 e. The summed E-state index contributed by atoms with van der Waals surface area (Å²) in [4.78, 5) is 0. The third kappa shape index (κ3) is 1.81. The molecule has 0 aromatic carbocycles. The summed E-state index contributed by atoms with van der Waals surface area (Å²) in [5.41, 5.74) is 0. The monoisotopic (exact) mass is 186 g/mol. The fraction of sp³-hybridized carbons (Fsp3) is 1.00. The summed E-state index contributed by atoms with van der Waals surface area (Å²) in [6.07, 6.45) is 3.70. The maximum Gasteiger partial charge on any atom is 0.00443 e. The summed E-state index contributed by atoms with van der Waals surface area (Å²) in [5, 5.41) is 0.838. The second-order valence-corrected chi connectivity index (χ2v) is 5.75. The van der Waals surface area contributed by atoms with Gasteiger partial charge in [-0.05, 0) is 36.3 Å². The maximum atomic E-state index is 2.42. The predicted molar refractivity (Wildman–Crippen MR) is 58.6 cm³/mol. The molecule has 0 spiro atoms. The van der Waals surface area contributed by atoms with E-state index in [0.29, 0.717) is 0 Å². The highest BCUT2D eigenvalue weighted by Crippen LogP contribution is 2.46. The smallest absolute Gasteiger partial charge is 0.00443 e. The lowest BCUT2D eigenvalue weighted by atomic mass is 9.61. The highest BCUT2D eigenvalue weighted by molar-refractivity contribution is 7.99. The molecule has 0 N–H and O–H groups in total. The van der Waals surface area contributed by atoms with E-state index < -0.39 is 0 Å². The van der Waals surface area contributed by atoms with Crippen LogP contribution >= 0.6 is 11.8 Å². The van der Waals surface area contributed by atoms with Gasteiger partial charge < -0.3 is 0 Å². The molecule has 0 bridgehead atoms. The van der Waals surface area contributed by atoms with Gasteiger partial charge in [0.1, 0.15) is 0 Å². The molecule has 1 heteroatoms. The zero-order valence-electron chi connectivity index (χ0n) is 9.00. The van der Waals surface area contributed by atoms with Crippen LogP contribution in [0, 0.1) is 23.7 Å². The third-order valence-electron chi connectivity index (χ3n) is 4.00. The quantitative estimate of drug-likeness (QED) is 0.648. The molecule has 1 saturated carbocycles. The van der Waals surface area contributed by atoms with Crippen molar-refractivity contribution in [3.05, 3.63) is 0 Å². The van der Waals surface area contributed by atoms with Crippen LogP contribution in [0.1, 0.15) is 34.1 Å². The molecule has 0 amide bonds. The maximum absolute atomic E-state index is 2.42. The van der Waals surface area contributed by atoms with E-state index >= 15 is 0 Å². The fourth-order valence-corrected chi connectivity index (χ4v) is 2.97. The molecule has 0 aromatic heterocycles. The molecule has 0 aromatic rings. The molecule has 1 aliphatic rings. The molecule has 0 aliphatic heterocycles. The van der Waals surface area contributed by atoms with E-state index in [2.05, 4.69) is 34.0 Å². The molecule has 0 nitrogen and oxygen atoms in total. The predicted octanol–water partition coefficient (Wildman–Crippen LogP) is 3.67. The van der Waals surface area contributed by atoms with Gasteiger partial charge in [0.2, 0.25) is 0 Å². The Morgan fingerprint density at radius 3 is 2.17 bits per heavy atom. The minimum absolute atomic E-state index is 0.838. The topological polar surface area (TPSA) is 0 Å². The Morgan fingerprint density at radius 1 is 1.25 bits per heavy atom. The van der Waals surface area contributed by atoms with E-state index in [1.165, 1.54) is 6.42 Å². The van der Waals surface area contributed by atoms with Crippen LogP contribution in [0.2, 0.25) is 0 Å². The van der Waals surface area contributed by atoms with Crippen LogP contribution in [0.25, 0.3) is 0 Å². The summed E-state index contributed by atoms with van der Waals surface area (Å²) in [6, 6.07) is 0. The average molecular weight is 186 g/mol. The highest BCUT2D eigenvalue weighted by atomic mass is 32.2. The van der Waals surface area contributed by atoms with Crippen LogP contribution in [-0.2, 0) is 0 Å². The lowest BCUT2D eigenvalue weighted by molar-refractivity contribution is 0.0559. The molecular weight excluding hydrogens is 164 g/mol. The lowest BCUT2D eigenvalue weighted by Crippen LogP contribution is -2.39. The molecule has 5 unspecified atom stereocenters. The number of hydrogen-bond acceptors (Lipinski definition) is 1. The van der Waals surface area contributed by atoms with Crippen LogP contribution < -0.4 is 0 Å². The van der Waals surface area contributed by atoms with Gasteiger partial charge in [0, 0.05) is 5.25 Å². The van der Waals surface area contributed by atoms with Gasteiger partial charge in [-0.1, -0.05) is 27.7 Å². The van der Waals surface area contributed by atoms with Crippen LogP contribution in [0.15, 0.2) is 0 Å². The molecular formula is C11H22S. The Kier molecular flexibility index (Phi) is 3.51. The highest BCUT2D eigenvalue weighted by Gasteiger charge is 2.39. The third-order valence-corrected chi connectivity index (χ3v) is 5.18. The van der Waals surface area contributed by atoms with Crippen molar-refractivity contribution in [3.63, 3.8) is 0 Å². The molecule has 1 rings (SSSR count). The van der Waals surface area contributed by atoms with Crippen molar-refractivity contribution < 1.29 is 0 Å². The second-order valence-electron chi connectivity index (χ2n) is 4.54. The molecule has 0 radical (unpaired) electrons. The first-order chi connectivity index (χ1) is 5.57. The van der Waals surface area contributed by atoms with Crippen molar-refractivity contribution >= 4 is 11.8 Å². The van der Waals surface area contributed by atoms with E-state index in [1.54, 1.807) is 0 Å². The van der Waals surface area contributed by atoms with E-state index in [9.17, 15) is 0 Å². The van der Waals surface area contributed by atoms with Gasteiger partial charge in [-0.25, -0.2) is 0 Å². The Morgan fingerprint density at radius 2 is 1.83 bits per heavy atom. The summed E-state index contributed by atoms with van der Waals surface area (Å²) in [7, 11) is 0. The molecule has 0 heterocycles. The first-order valence-corrected chi connectivity index (χ1v) is 6.39. The van der Waals surface area contributed by atoms with E-state index in [0.717, 1.165) is 28.9 Å². The Bertz CT molecular complexity index is 140. The van der Waals surface area contributed by atoms with Crippen molar-refractivity contribution in [3.8, 4) is 0 Å². The lowest BCUT2D eigenvalue weighted by Gasteiger charge is -2.46. The molecule has 72 valence electrons. The SMILES string of the molecule is CSC(C)C(C)C1CC(C)C1C. The van der Waals surface area contributed by atoms with Gasteiger partial charge in [-0.15, -0.1) is 0 Å². The largest absolute Gasteiger partial charge is 0.162 e.